The quantitative estimate of drug-likeness (QED) is 0.730. The fourth-order valence-electron chi connectivity index (χ4n) is 2.14. The van der Waals surface area contributed by atoms with Crippen LogP contribution in [0.25, 0.3) is 0 Å². The van der Waals surface area contributed by atoms with Crippen LogP contribution in [0, 0.1) is 0 Å². The molecule has 2 aromatic rings. The van der Waals surface area contributed by atoms with Gasteiger partial charge in [0.05, 0.1) is 15.2 Å². The molecule has 1 heterocycles. The molecule has 0 aliphatic carbocycles. The molecule has 1 aromatic heterocycles. The molecule has 2 rings (SSSR count). The highest BCUT2D eigenvalue weighted by Crippen LogP contribution is 2.23. The Morgan fingerprint density at radius 1 is 1.29 bits per heavy atom. The van der Waals surface area contributed by atoms with Gasteiger partial charge < -0.3 is 5.32 Å². The van der Waals surface area contributed by atoms with Gasteiger partial charge in [-0.05, 0) is 52.8 Å². The number of thiophene rings is 1. The molecule has 0 aliphatic rings. The molecule has 130 valence electrons. The summed E-state index contributed by atoms with van der Waals surface area (Å²) in [5.74, 6) is -0.168. The number of benzene rings is 1. The zero-order chi connectivity index (χ0) is 17.7. The van der Waals surface area contributed by atoms with Crippen molar-refractivity contribution in [3.05, 3.63) is 45.1 Å². The number of anilines is 1. The lowest BCUT2D eigenvalue weighted by Crippen LogP contribution is -2.32. The average molecular weight is 431 g/mol. The Morgan fingerprint density at radius 2 is 2.04 bits per heavy atom. The third-order valence-electron chi connectivity index (χ3n) is 3.37. The fraction of sp³-hybridized carbons (Fsp3) is 0.312. The number of hydrogen-bond donors (Lipinski definition) is 1. The molecule has 8 heteroatoms. The number of sulfone groups is 1. The van der Waals surface area contributed by atoms with E-state index in [1.165, 1.54) is 17.0 Å². The van der Waals surface area contributed by atoms with Crippen molar-refractivity contribution in [1.29, 1.82) is 0 Å². The van der Waals surface area contributed by atoms with Crippen LogP contribution < -0.4 is 5.32 Å². The van der Waals surface area contributed by atoms with Crippen molar-refractivity contribution < 1.29 is 13.2 Å². The van der Waals surface area contributed by atoms with Crippen LogP contribution in [0.3, 0.4) is 0 Å². The highest BCUT2D eigenvalue weighted by atomic mass is 79.9. The number of nitrogens with zero attached hydrogens (tertiary/aromatic N) is 1. The number of carbonyl (C=O) groups excluding carboxylic acids is 1. The van der Waals surface area contributed by atoms with Gasteiger partial charge in [-0.25, -0.2) is 8.42 Å². The molecule has 0 bridgehead atoms. The second-order valence-corrected chi connectivity index (χ2v) is 9.92. The first-order valence-electron chi connectivity index (χ1n) is 7.34. The molecule has 0 spiro atoms. The zero-order valence-electron chi connectivity index (χ0n) is 13.5. The molecule has 24 heavy (non-hydrogen) atoms. The van der Waals surface area contributed by atoms with Gasteiger partial charge in [0.1, 0.15) is 0 Å². The van der Waals surface area contributed by atoms with Gasteiger partial charge in [-0.15, -0.1) is 11.3 Å². The van der Waals surface area contributed by atoms with Crippen LogP contribution >= 0.6 is 27.3 Å². The summed E-state index contributed by atoms with van der Waals surface area (Å²) in [5.41, 5.74) is 0.484. The minimum Gasteiger partial charge on any atom is -0.325 e. The summed E-state index contributed by atoms with van der Waals surface area (Å²) in [4.78, 5) is 15.6. The third kappa shape index (κ3) is 5.70. The van der Waals surface area contributed by atoms with Crippen LogP contribution in [-0.4, -0.2) is 38.6 Å². The van der Waals surface area contributed by atoms with Crippen molar-refractivity contribution >= 4 is 48.7 Å². The molecular formula is C16H19BrN2O3S2. The summed E-state index contributed by atoms with van der Waals surface area (Å²) in [7, 11) is -3.29. The first kappa shape index (κ1) is 19.1. The maximum absolute atomic E-state index is 12.2. The van der Waals surface area contributed by atoms with Crippen molar-refractivity contribution in [1.82, 2.24) is 4.90 Å². The molecule has 1 amide bonds. The van der Waals surface area contributed by atoms with Gasteiger partial charge in [0, 0.05) is 23.4 Å². The average Bonchev–Trinajstić information content (AvgIpc) is 2.91. The molecule has 0 radical (unpaired) electrons. The maximum atomic E-state index is 12.2. The van der Waals surface area contributed by atoms with E-state index in [0.717, 1.165) is 16.6 Å². The lowest BCUT2D eigenvalue weighted by molar-refractivity contribution is -0.117. The third-order valence-corrected chi connectivity index (χ3v) is 6.09. The first-order valence-corrected chi connectivity index (χ1v) is 10.8. The van der Waals surface area contributed by atoms with Crippen LogP contribution in [0.1, 0.15) is 11.8 Å². The number of nitrogens with one attached hydrogen (secondary N) is 1. The van der Waals surface area contributed by atoms with Crippen LogP contribution in [-0.2, 0) is 21.2 Å². The molecule has 0 unspecified atom stereocenters. The lowest BCUT2D eigenvalue weighted by Gasteiger charge is -2.19. The smallest absolute Gasteiger partial charge is 0.238 e. The minimum atomic E-state index is -3.29. The fourth-order valence-corrected chi connectivity index (χ4v) is 4.34. The van der Waals surface area contributed by atoms with Crippen LogP contribution in [0.5, 0.6) is 0 Å². The molecule has 0 saturated heterocycles. The van der Waals surface area contributed by atoms with Gasteiger partial charge in [-0.3, -0.25) is 9.69 Å². The van der Waals surface area contributed by atoms with E-state index in [4.69, 9.17) is 0 Å². The van der Waals surface area contributed by atoms with Crippen molar-refractivity contribution in [2.45, 2.75) is 18.4 Å². The van der Waals surface area contributed by atoms with E-state index in [1.807, 2.05) is 24.0 Å². The second-order valence-electron chi connectivity index (χ2n) is 5.36. The van der Waals surface area contributed by atoms with E-state index >= 15 is 0 Å². The summed E-state index contributed by atoms with van der Waals surface area (Å²) >= 11 is 5.08. The molecule has 1 N–H and O–H groups in total. The Labute approximate surface area is 154 Å². The Balaban J connectivity index is 1.99. The summed E-state index contributed by atoms with van der Waals surface area (Å²) in [6.45, 7) is 3.69. The van der Waals surface area contributed by atoms with Gasteiger partial charge in [0.2, 0.25) is 5.91 Å². The van der Waals surface area contributed by atoms with Crippen LogP contribution in [0.15, 0.2) is 45.1 Å². The van der Waals surface area contributed by atoms with Gasteiger partial charge in [0.25, 0.3) is 0 Å². The van der Waals surface area contributed by atoms with Crippen molar-refractivity contribution in [3.63, 3.8) is 0 Å². The van der Waals surface area contributed by atoms with Crippen molar-refractivity contribution in [2.75, 3.05) is 24.7 Å². The Hall–Kier alpha value is -1.22. The van der Waals surface area contributed by atoms with E-state index in [2.05, 4.69) is 21.2 Å². The van der Waals surface area contributed by atoms with Crippen molar-refractivity contribution in [3.8, 4) is 0 Å². The van der Waals surface area contributed by atoms with Gasteiger partial charge >= 0.3 is 0 Å². The lowest BCUT2D eigenvalue weighted by atomic mass is 10.3. The number of likely N-dealkylation sites (N-methyl/N-ethyl adjacent to an activating group) is 1. The first-order chi connectivity index (χ1) is 11.3. The largest absolute Gasteiger partial charge is 0.325 e. The zero-order valence-corrected chi connectivity index (χ0v) is 16.7. The predicted octanol–water partition coefficient (Wildman–Crippen LogP) is 3.37. The summed E-state index contributed by atoms with van der Waals surface area (Å²) in [6, 6.07) is 10.3. The van der Waals surface area contributed by atoms with Crippen molar-refractivity contribution in [2.24, 2.45) is 0 Å². The maximum Gasteiger partial charge on any atom is 0.238 e. The number of hydrogen-bond acceptors (Lipinski definition) is 5. The van der Waals surface area contributed by atoms with E-state index in [1.54, 1.807) is 23.5 Å². The normalized spacial score (nSPS) is 11.7. The Morgan fingerprint density at radius 3 is 2.62 bits per heavy atom. The molecule has 0 atom stereocenters. The Kier molecular flexibility index (Phi) is 6.56. The van der Waals surface area contributed by atoms with Gasteiger partial charge in [0.15, 0.2) is 9.84 Å². The highest BCUT2D eigenvalue weighted by Gasteiger charge is 2.13. The number of amides is 1. The topological polar surface area (TPSA) is 66.5 Å². The number of carbonyl (C=O) groups is 1. The van der Waals surface area contributed by atoms with Crippen LogP contribution in [0.2, 0.25) is 0 Å². The molecule has 1 aromatic carbocycles. The molecule has 5 nitrogen and oxygen atoms in total. The predicted molar refractivity (Wildman–Crippen MR) is 101 cm³/mol. The molecular weight excluding hydrogens is 412 g/mol. The summed E-state index contributed by atoms with van der Waals surface area (Å²) in [6.07, 6.45) is 1.14. The minimum absolute atomic E-state index is 0.168. The SMILES string of the molecule is CCN(CC(=O)Nc1cccc(S(C)(=O)=O)c1)Cc1ccc(Br)s1. The van der Waals surface area contributed by atoms with E-state index in [-0.39, 0.29) is 17.3 Å². The van der Waals surface area contributed by atoms with E-state index in [0.29, 0.717) is 12.2 Å². The number of rotatable bonds is 7. The Bertz CT molecular complexity index is 818. The second kappa shape index (κ2) is 8.24. The van der Waals surface area contributed by atoms with E-state index in [9.17, 15) is 13.2 Å². The van der Waals surface area contributed by atoms with Gasteiger partial charge in [-0.2, -0.15) is 0 Å². The summed E-state index contributed by atoms with van der Waals surface area (Å²) < 4.78 is 24.2. The van der Waals surface area contributed by atoms with Crippen LogP contribution in [0.4, 0.5) is 5.69 Å². The van der Waals surface area contributed by atoms with Gasteiger partial charge in [-0.1, -0.05) is 13.0 Å². The standard InChI is InChI=1S/C16H19BrN2O3S2/c1-3-19(10-13-7-8-15(17)23-13)11-16(20)18-12-5-4-6-14(9-12)24(2,21)22/h4-9H,3,10-11H2,1-2H3,(H,18,20). The molecule has 0 aliphatic heterocycles. The summed E-state index contributed by atoms with van der Waals surface area (Å²) in [5, 5.41) is 2.76. The number of halogens is 1. The molecule has 0 saturated carbocycles. The highest BCUT2D eigenvalue weighted by molar-refractivity contribution is 9.11. The van der Waals surface area contributed by atoms with E-state index < -0.39 is 9.84 Å². The molecule has 0 fully saturated rings. The monoisotopic (exact) mass is 430 g/mol.